The Labute approximate surface area is 135 Å². The number of rotatable bonds is 5. The number of benzene rings is 1. The van der Waals surface area contributed by atoms with Crippen LogP contribution in [0.5, 0.6) is 0 Å². The third-order valence-corrected chi connectivity index (χ3v) is 3.94. The number of hydrogen-bond donors (Lipinski definition) is 0. The fourth-order valence-electron chi connectivity index (χ4n) is 2.71. The van der Waals surface area contributed by atoms with Crippen LogP contribution in [0.2, 0.25) is 0 Å². The van der Waals surface area contributed by atoms with E-state index in [1.165, 1.54) is 0 Å². The number of nitriles is 1. The van der Waals surface area contributed by atoms with Crippen molar-refractivity contribution in [1.82, 2.24) is 14.8 Å². The normalized spacial score (nSPS) is 17.8. The van der Waals surface area contributed by atoms with E-state index in [2.05, 4.69) is 16.3 Å². The first-order valence-electron chi connectivity index (χ1n) is 7.91. The zero-order valence-corrected chi connectivity index (χ0v) is 13.2. The average Bonchev–Trinajstić information content (AvgIpc) is 2.97. The molecule has 0 saturated carbocycles. The number of aromatic nitrogens is 3. The van der Waals surface area contributed by atoms with Crippen LogP contribution in [0.25, 0.3) is 11.4 Å². The van der Waals surface area contributed by atoms with E-state index in [1.807, 2.05) is 29.7 Å². The Kier molecular flexibility index (Phi) is 5.01. The van der Waals surface area contributed by atoms with Crippen LogP contribution in [0.1, 0.15) is 30.7 Å². The van der Waals surface area contributed by atoms with Crippen LogP contribution in [-0.2, 0) is 16.0 Å². The van der Waals surface area contributed by atoms with Crippen LogP contribution in [0.15, 0.2) is 24.3 Å². The molecule has 120 valence electrons. The van der Waals surface area contributed by atoms with Crippen molar-refractivity contribution < 1.29 is 9.47 Å². The molecule has 23 heavy (non-hydrogen) atoms. The number of hydrogen-bond acceptors (Lipinski definition) is 5. The first-order chi connectivity index (χ1) is 11.3. The van der Waals surface area contributed by atoms with Gasteiger partial charge in [-0.05, 0) is 38.3 Å². The second-order valence-electron chi connectivity index (χ2n) is 5.58. The minimum Gasteiger partial charge on any atom is -0.353 e. The first-order valence-corrected chi connectivity index (χ1v) is 7.91. The third-order valence-electron chi connectivity index (χ3n) is 3.94. The van der Waals surface area contributed by atoms with E-state index in [0.29, 0.717) is 18.7 Å². The number of nitrogens with zero attached hydrogens (tertiary/aromatic N) is 4. The second-order valence-corrected chi connectivity index (χ2v) is 5.58. The molecule has 0 amide bonds. The van der Waals surface area contributed by atoms with Gasteiger partial charge >= 0.3 is 0 Å². The maximum absolute atomic E-state index is 9.04. The topological polar surface area (TPSA) is 73.0 Å². The lowest BCUT2D eigenvalue weighted by molar-refractivity contribution is -0.163. The molecule has 2 heterocycles. The van der Waals surface area contributed by atoms with Gasteiger partial charge in [-0.15, -0.1) is 10.2 Å². The highest BCUT2D eigenvalue weighted by atomic mass is 16.7. The predicted octanol–water partition coefficient (Wildman–Crippen LogP) is 2.67. The number of aryl methyl sites for hydroxylation is 1. The molecule has 1 fully saturated rings. The van der Waals surface area contributed by atoms with Gasteiger partial charge in [0.25, 0.3) is 0 Å². The SMILES string of the molecule is Cc1nnc(-c2cccc(C#N)c2)n1CCOC1CCCCO1. The molecule has 1 aliphatic rings. The Morgan fingerprint density at radius 1 is 1.39 bits per heavy atom. The molecule has 1 atom stereocenters. The van der Waals surface area contributed by atoms with Crippen molar-refractivity contribution >= 4 is 0 Å². The summed E-state index contributed by atoms with van der Waals surface area (Å²) in [6.07, 6.45) is 3.13. The van der Waals surface area contributed by atoms with Gasteiger partial charge in [-0.1, -0.05) is 12.1 Å². The Morgan fingerprint density at radius 2 is 2.30 bits per heavy atom. The molecule has 1 aliphatic heterocycles. The molecule has 0 aliphatic carbocycles. The van der Waals surface area contributed by atoms with Crippen molar-refractivity contribution in [2.45, 2.75) is 39.0 Å². The molecule has 0 spiro atoms. The van der Waals surface area contributed by atoms with E-state index >= 15 is 0 Å². The van der Waals surface area contributed by atoms with E-state index in [9.17, 15) is 0 Å². The van der Waals surface area contributed by atoms with Crippen LogP contribution >= 0.6 is 0 Å². The van der Waals surface area contributed by atoms with E-state index < -0.39 is 0 Å². The van der Waals surface area contributed by atoms with E-state index in [4.69, 9.17) is 14.7 Å². The van der Waals surface area contributed by atoms with Crippen LogP contribution in [0.3, 0.4) is 0 Å². The van der Waals surface area contributed by atoms with E-state index in [-0.39, 0.29) is 6.29 Å². The lowest BCUT2D eigenvalue weighted by atomic mass is 10.1. The Bertz CT molecular complexity index is 699. The molecular weight excluding hydrogens is 292 g/mol. The van der Waals surface area contributed by atoms with Crippen molar-refractivity contribution in [1.29, 1.82) is 5.26 Å². The highest BCUT2D eigenvalue weighted by Gasteiger charge is 2.15. The Balaban J connectivity index is 1.69. The fraction of sp³-hybridized carbons (Fsp3) is 0.471. The molecule has 2 aromatic rings. The van der Waals surface area contributed by atoms with Crippen LogP contribution in [-0.4, -0.2) is 34.3 Å². The molecule has 1 aromatic heterocycles. The van der Waals surface area contributed by atoms with Gasteiger partial charge in [0.05, 0.1) is 18.2 Å². The molecule has 3 rings (SSSR count). The summed E-state index contributed by atoms with van der Waals surface area (Å²) in [6.45, 7) is 3.91. The quantitative estimate of drug-likeness (QED) is 0.848. The van der Waals surface area contributed by atoms with Crippen molar-refractivity contribution in [3.8, 4) is 17.5 Å². The molecule has 6 heteroatoms. The summed E-state index contributed by atoms with van der Waals surface area (Å²) in [7, 11) is 0. The second kappa shape index (κ2) is 7.36. The summed E-state index contributed by atoms with van der Waals surface area (Å²) < 4.78 is 13.4. The van der Waals surface area contributed by atoms with Gasteiger partial charge in [-0.2, -0.15) is 5.26 Å². The van der Waals surface area contributed by atoms with Gasteiger partial charge < -0.3 is 14.0 Å². The summed E-state index contributed by atoms with van der Waals surface area (Å²) in [6, 6.07) is 9.55. The molecular formula is C17H20N4O2. The third kappa shape index (κ3) is 3.76. The van der Waals surface area contributed by atoms with Crippen LogP contribution < -0.4 is 0 Å². The van der Waals surface area contributed by atoms with Gasteiger partial charge in [0, 0.05) is 18.7 Å². The van der Waals surface area contributed by atoms with Crippen molar-refractivity contribution in [3.05, 3.63) is 35.7 Å². The predicted molar refractivity (Wildman–Crippen MR) is 84.5 cm³/mol. The lowest BCUT2D eigenvalue weighted by Gasteiger charge is -2.23. The first kappa shape index (κ1) is 15.7. The van der Waals surface area contributed by atoms with E-state index in [0.717, 1.165) is 43.1 Å². The van der Waals surface area contributed by atoms with Crippen LogP contribution in [0, 0.1) is 18.3 Å². The molecule has 0 N–H and O–H groups in total. The van der Waals surface area contributed by atoms with Gasteiger partial charge in [0.2, 0.25) is 0 Å². The summed E-state index contributed by atoms with van der Waals surface area (Å²) in [5.74, 6) is 1.59. The maximum atomic E-state index is 9.04. The summed E-state index contributed by atoms with van der Waals surface area (Å²) >= 11 is 0. The molecule has 0 radical (unpaired) electrons. The molecule has 1 saturated heterocycles. The van der Waals surface area contributed by atoms with E-state index in [1.54, 1.807) is 6.07 Å². The summed E-state index contributed by atoms with van der Waals surface area (Å²) in [5, 5.41) is 17.4. The largest absolute Gasteiger partial charge is 0.353 e. The Morgan fingerprint density at radius 3 is 3.09 bits per heavy atom. The Hall–Kier alpha value is -2.23. The highest BCUT2D eigenvalue weighted by Crippen LogP contribution is 2.20. The molecule has 6 nitrogen and oxygen atoms in total. The summed E-state index contributed by atoms with van der Waals surface area (Å²) in [4.78, 5) is 0. The minimum absolute atomic E-state index is 0.0918. The highest BCUT2D eigenvalue weighted by molar-refractivity contribution is 5.58. The average molecular weight is 312 g/mol. The van der Waals surface area contributed by atoms with Crippen molar-refractivity contribution in [2.24, 2.45) is 0 Å². The minimum atomic E-state index is -0.0918. The van der Waals surface area contributed by atoms with Gasteiger partial charge in [-0.3, -0.25) is 0 Å². The zero-order valence-electron chi connectivity index (χ0n) is 13.2. The van der Waals surface area contributed by atoms with Crippen molar-refractivity contribution in [2.75, 3.05) is 13.2 Å². The fourth-order valence-corrected chi connectivity index (χ4v) is 2.71. The summed E-state index contributed by atoms with van der Waals surface area (Å²) in [5.41, 5.74) is 1.50. The standard InChI is InChI=1S/C17H20N4O2/c1-13-19-20-17(15-6-4-5-14(11-15)12-18)21(13)8-10-23-16-7-2-3-9-22-16/h4-6,11,16H,2-3,7-10H2,1H3. The van der Waals surface area contributed by atoms with Crippen molar-refractivity contribution in [3.63, 3.8) is 0 Å². The zero-order chi connectivity index (χ0) is 16.1. The lowest BCUT2D eigenvalue weighted by Crippen LogP contribution is -2.24. The van der Waals surface area contributed by atoms with Gasteiger partial charge in [-0.25, -0.2) is 0 Å². The molecule has 1 unspecified atom stereocenters. The van der Waals surface area contributed by atoms with Crippen LogP contribution in [0.4, 0.5) is 0 Å². The monoisotopic (exact) mass is 312 g/mol. The molecule has 1 aromatic carbocycles. The van der Waals surface area contributed by atoms with Gasteiger partial charge in [0.1, 0.15) is 5.82 Å². The van der Waals surface area contributed by atoms with Gasteiger partial charge in [0.15, 0.2) is 12.1 Å². The number of ether oxygens (including phenoxy) is 2. The smallest absolute Gasteiger partial charge is 0.164 e. The maximum Gasteiger partial charge on any atom is 0.164 e. The molecule has 0 bridgehead atoms.